The van der Waals surface area contributed by atoms with Gasteiger partial charge in [0.1, 0.15) is 11.4 Å². The molecule has 1 aromatic heterocycles. The molecule has 8 nitrogen and oxygen atoms in total. The summed E-state index contributed by atoms with van der Waals surface area (Å²) in [5, 5.41) is 16.0. The Balaban J connectivity index is 2.07. The largest absolute Gasteiger partial charge is 0.480 e. The number of aliphatic carboxylic acids is 1. The highest BCUT2D eigenvalue weighted by molar-refractivity contribution is 7.89. The molecule has 10 heteroatoms. The summed E-state index contributed by atoms with van der Waals surface area (Å²) >= 11 is 5.84. The minimum absolute atomic E-state index is 0.0374. The van der Waals surface area contributed by atoms with E-state index < -0.39 is 16.0 Å². The summed E-state index contributed by atoms with van der Waals surface area (Å²) in [5.41, 5.74) is 0.298. The molecule has 0 aliphatic heterocycles. The number of rotatable bonds is 6. The Kier molecular flexibility index (Phi) is 4.56. The molecular formula is C11H11ClN4O4S. The SMILES string of the molecule is O=C(O)Cn1cc(CNS(=O)(=O)c2ccccc2Cl)nn1. The van der Waals surface area contributed by atoms with E-state index in [1.807, 2.05) is 0 Å². The molecule has 2 N–H and O–H groups in total. The number of nitrogens with zero attached hydrogens (tertiary/aromatic N) is 3. The zero-order valence-electron chi connectivity index (χ0n) is 10.6. The van der Waals surface area contributed by atoms with Gasteiger partial charge in [-0.1, -0.05) is 28.9 Å². The fraction of sp³-hybridized carbons (Fsp3) is 0.182. The van der Waals surface area contributed by atoms with Crippen LogP contribution in [0.3, 0.4) is 0 Å². The molecular weight excluding hydrogens is 320 g/mol. The lowest BCUT2D eigenvalue weighted by Crippen LogP contribution is -2.23. The van der Waals surface area contributed by atoms with Gasteiger partial charge in [0.2, 0.25) is 10.0 Å². The van der Waals surface area contributed by atoms with E-state index in [0.717, 1.165) is 4.68 Å². The molecule has 1 heterocycles. The van der Waals surface area contributed by atoms with Gasteiger partial charge in [0.25, 0.3) is 0 Å². The Bertz CT molecular complexity index is 759. The van der Waals surface area contributed by atoms with Crippen molar-refractivity contribution in [3.63, 3.8) is 0 Å². The van der Waals surface area contributed by atoms with Crippen molar-refractivity contribution in [1.82, 2.24) is 19.7 Å². The normalized spacial score (nSPS) is 11.5. The fourth-order valence-corrected chi connectivity index (χ4v) is 3.06. The Morgan fingerprint density at radius 2 is 2.10 bits per heavy atom. The third-order valence-electron chi connectivity index (χ3n) is 2.45. The third-order valence-corrected chi connectivity index (χ3v) is 4.35. The maximum absolute atomic E-state index is 12.1. The summed E-state index contributed by atoms with van der Waals surface area (Å²) in [6.07, 6.45) is 1.35. The van der Waals surface area contributed by atoms with Gasteiger partial charge in [0.15, 0.2) is 0 Å². The van der Waals surface area contributed by atoms with E-state index in [4.69, 9.17) is 16.7 Å². The lowest BCUT2D eigenvalue weighted by atomic mass is 10.4. The van der Waals surface area contributed by atoms with Gasteiger partial charge < -0.3 is 5.11 Å². The number of aromatic nitrogens is 3. The maximum Gasteiger partial charge on any atom is 0.325 e. The van der Waals surface area contributed by atoms with Gasteiger partial charge in [0.05, 0.1) is 23.5 Å². The van der Waals surface area contributed by atoms with Crippen LogP contribution in [0.25, 0.3) is 0 Å². The highest BCUT2D eigenvalue weighted by atomic mass is 35.5. The Morgan fingerprint density at radius 1 is 1.38 bits per heavy atom. The van der Waals surface area contributed by atoms with Crippen molar-refractivity contribution < 1.29 is 18.3 Å². The summed E-state index contributed by atoms with van der Waals surface area (Å²) in [7, 11) is -3.78. The molecule has 2 aromatic rings. The molecule has 0 saturated heterocycles. The second kappa shape index (κ2) is 6.20. The number of sulfonamides is 1. The smallest absolute Gasteiger partial charge is 0.325 e. The average molecular weight is 331 g/mol. The molecule has 0 fully saturated rings. The summed E-state index contributed by atoms with van der Waals surface area (Å²) in [5.74, 6) is -1.07. The van der Waals surface area contributed by atoms with E-state index in [2.05, 4.69) is 15.0 Å². The second-order valence-electron chi connectivity index (χ2n) is 4.06. The van der Waals surface area contributed by atoms with Crippen molar-refractivity contribution in [2.24, 2.45) is 0 Å². The number of hydrogen-bond acceptors (Lipinski definition) is 5. The predicted octanol–water partition coefficient (Wildman–Crippen LogP) is 0.495. The monoisotopic (exact) mass is 330 g/mol. The van der Waals surface area contributed by atoms with Crippen LogP contribution in [0.2, 0.25) is 5.02 Å². The first-order chi connectivity index (χ1) is 9.88. The molecule has 112 valence electrons. The van der Waals surface area contributed by atoms with Crippen LogP contribution in [-0.4, -0.2) is 34.5 Å². The molecule has 0 aliphatic carbocycles. The van der Waals surface area contributed by atoms with Gasteiger partial charge in [-0.25, -0.2) is 17.8 Å². The standard InChI is InChI=1S/C11H11ClN4O4S/c12-9-3-1-2-4-10(9)21(19,20)13-5-8-6-16(15-14-8)7-11(17)18/h1-4,6,13H,5,7H2,(H,17,18). The van der Waals surface area contributed by atoms with E-state index in [0.29, 0.717) is 5.69 Å². The molecule has 0 radical (unpaired) electrons. The molecule has 2 rings (SSSR count). The quantitative estimate of drug-likeness (QED) is 0.797. The van der Waals surface area contributed by atoms with Gasteiger partial charge in [-0.2, -0.15) is 0 Å². The van der Waals surface area contributed by atoms with Crippen molar-refractivity contribution >= 4 is 27.6 Å². The van der Waals surface area contributed by atoms with Crippen molar-refractivity contribution in [2.75, 3.05) is 0 Å². The van der Waals surface area contributed by atoms with Crippen molar-refractivity contribution in [3.05, 3.63) is 41.2 Å². The Morgan fingerprint density at radius 3 is 2.76 bits per heavy atom. The number of benzene rings is 1. The first kappa shape index (κ1) is 15.4. The van der Waals surface area contributed by atoms with Crippen LogP contribution < -0.4 is 4.72 Å². The van der Waals surface area contributed by atoms with Gasteiger partial charge in [-0.3, -0.25) is 4.79 Å². The van der Waals surface area contributed by atoms with Crippen molar-refractivity contribution in [1.29, 1.82) is 0 Å². The molecule has 0 bridgehead atoms. The number of carboxylic acids is 1. The molecule has 0 spiro atoms. The van der Waals surface area contributed by atoms with Gasteiger partial charge in [0, 0.05) is 0 Å². The van der Waals surface area contributed by atoms with Gasteiger partial charge in [-0.15, -0.1) is 5.10 Å². The summed E-state index contributed by atoms with van der Waals surface area (Å²) < 4.78 is 27.6. The molecule has 0 unspecified atom stereocenters. The fourth-order valence-electron chi connectivity index (χ4n) is 1.54. The van der Waals surface area contributed by atoms with Gasteiger partial charge in [-0.05, 0) is 12.1 Å². The van der Waals surface area contributed by atoms with Crippen LogP contribution >= 0.6 is 11.6 Å². The Labute approximate surface area is 125 Å². The lowest BCUT2D eigenvalue weighted by molar-refractivity contribution is -0.137. The minimum Gasteiger partial charge on any atom is -0.480 e. The first-order valence-electron chi connectivity index (χ1n) is 5.73. The van der Waals surface area contributed by atoms with Crippen LogP contribution in [0.5, 0.6) is 0 Å². The summed E-state index contributed by atoms with van der Waals surface area (Å²) in [6.45, 7) is -0.461. The third kappa shape index (κ3) is 4.00. The predicted molar refractivity (Wildman–Crippen MR) is 73.1 cm³/mol. The number of carbonyl (C=O) groups is 1. The Hall–Kier alpha value is -1.97. The molecule has 0 aliphatic rings. The number of carboxylic acid groups (broad SMARTS) is 1. The molecule has 21 heavy (non-hydrogen) atoms. The van der Waals surface area contributed by atoms with Crippen LogP contribution in [0.4, 0.5) is 0 Å². The molecule has 0 saturated carbocycles. The van der Waals surface area contributed by atoms with Crippen LogP contribution in [0.1, 0.15) is 5.69 Å². The first-order valence-corrected chi connectivity index (χ1v) is 7.59. The molecule has 0 atom stereocenters. The maximum atomic E-state index is 12.1. The molecule has 0 amide bonds. The highest BCUT2D eigenvalue weighted by Gasteiger charge is 2.17. The number of nitrogens with one attached hydrogen (secondary N) is 1. The second-order valence-corrected chi connectivity index (χ2v) is 6.20. The van der Waals surface area contributed by atoms with Crippen LogP contribution in [0, 0.1) is 0 Å². The summed E-state index contributed by atoms with van der Waals surface area (Å²) in [6, 6.07) is 6.04. The van der Waals surface area contributed by atoms with E-state index >= 15 is 0 Å². The van der Waals surface area contributed by atoms with Crippen LogP contribution in [-0.2, 0) is 27.9 Å². The van der Waals surface area contributed by atoms with Crippen molar-refractivity contribution in [2.45, 2.75) is 18.0 Å². The van der Waals surface area contributed by atoms with E-state index in [1.54, 1.807) is 12.1 Å². The zero-order valence-corrected chi connectivity index (χ0v) is 12.2. The van der Waals surface area contributed by atoms with Crippen LogP contribution in [0.15, 0.2) is 35.4 Å². The van der Waals surface area contributed by atoms with E-state index in [-0.39, 0.29) is 23.0 Å². The summed E-state index contributed by atoms with van der Waals surface area (Å²) in [4.78, 5) is 10.5. The highest BCUT2D eigenvalue weighted by Crippen LogP contribution is 2.20. The van der Waals surface area contributed by atoms with Crippen molar-refractivity contribution in [3.8, 4) is 0 Å². The topological polar surface area (TPSA) is 114 Å². The van der Waals surface area contributed by atoms with E-state index in [1.165, 1.54) is 18.3 Å². The van der Waals surface area contributed by atoms with E-state index in [9.17, 15) is 13.2 Å². The number of hydrogen-bond donors (Lipinski definition) is 2. The average Bonchev–Trinajstić information content (AvgIpc) is 2.84. The minimum atomic E-state index is -3.78. The molecule has 1 aromatic carbocycles. The van der Waals surface area contributed by atoms with Gasteiger partial charge >= 0.3 is 5.97 Å². The number of halogens is 1. The lowest BCUT2D eigenvalue weighted by Gasteiger charge is -2.06. The zero-order chi connectivity index (χ0) is 15.5.